The van der Waals surface area contributed by atoms with E-state index in [1.165, 1.54) is 27.8 Å². The largest absolute Gasteiger partial charge is 0.509 e. The van der Waals surface area contributed by atoms with Crippen molar-refractivity contribution >= 4 is 44.6 Å². The minimum Gasteiger partial charge on any atom is -0.509 e. The maximum absolute atomic E-state index is 7.08. The van der Waals surface area contributed by atoms with Gasteiger partial charge in [0.05, 0.1) is 0 Å². The SMILES string of the molecule is CC(C)(C)c1cc(N2[CH-]N(c3[c-]c(Oc4[c-]c5c(cc4)c4cc(-c6ccccc6)ccc4n5-c4cc(C(C)(C)c5ccccc5)ccn4)cc(C(C)(C)c4ccccc4)c3)c3ccccc32)cc(C(C)(C)C)c1.[Pt]. The molecule has 0 unspecified atom stereocenters. The van der Waals surface area contributed by atoms with Gasteiger partial charge in [0.25, 0.3) is 0 Å². The van der Waals surface area contributed by atoms with Crippen molar-refractivity contribution in [3.05, 3.63) is 246 Å². The van der Waals surface area contributed by atoms with Crippen LogP contribution in [0.15, 0.2) is 194 Å². The van der Waals surface area contributed by atoms with Crippen molar-refractivity contribution in [2.75, 3.05) is 9.80 Å². The molecule has 0 amide bonds. The number of nitrogens with zero attached hydrogens (tertiary/aromatic N) is 4. The molecular formula is C68H63N4OPt-3. The summed E-state index contributed by atoms with van der Waals surface area (Å²) in [5.74, 6) is 2.00. The second-order valence-corrected chi connectivity index (χ2v) is 22.7. The third-order valence-electron chi connectivity index (χ3n) is 15.0. The summed E-state index contributed by atoms with van der Waals surface area (Å²) in [5.41, 5.74) is 15.0. The molecule has 10 aromatic rings. The van der Waals surface area contributed by atoms with E-state index in [9.17, 15) is 0 Å². The Morgan fingerprint density at radius 1 is 0.446 bits per heavy atom. The zero-order chi connectivity index (χ0) is 50.9. The standard InChI is InChI=1S/C68H63N4O.Pt/c1-65(2,3)51-37-52(66(4,5)6)39-54(38-51)70-45-71(62-29-21-20-28-61(62)70)55-40-53(68(9,10)49-26-18-13-19-27-49)41-57(43-55)73-56-31-32-58-59-36-47(46-22-14-11-15-23-46)30-33-60(59)72(63(58)44-56)64-42-50(34-35-69-64)67(7,8)48-24-16-12-17-25-48;/h11-42,45H,1-10H3;/q-3;. The first-order valence-electron chi connectivity index (χ1n) is 25.5. The summed E-state index contributed by atoms with van der Waals surface area (Å²) < 4.78 is 9.32. The molecule has 5 nitrogen and oxygen atoms in total. The molecule has 0 bridgehead atoms. The molecule has 1 aliphatic rings. The predicted molar refractivity (Wildman–Crippen MR) is 304 cm³/mol. The second-order valence-electron chi connectivity index (χ2n) is 22.7. The molecule has 374 valence electrons. The third-order valence-corrected chi connectivity index (χ3v) is 15.0. The predicted octanol–water partition coefficient (Wildman–Crippen LogP) is 17.9. The summed E-state index contributed by atoms with van der Waals surface area (Å²) in [7, 11) is 0. The number of fused-ring (bicyclic) bond motifs is 4. The first-order valence-corrected chi connectivity index (χ1v) is 25.5. The number of anilines is 4. The second kappa shape index (κ2) is 19.3. The van der Waals surface area contributed by atoms with Crippen LogP contribution in [0.1, 0.15) is 103 Å². The number of ether oxygens (including phenoxy) is 1. The molecule has 0 atom stereocenters. The van der Waals surface area contributed by atoms with Crippen molar-refractivity contribution in [3.63, 3.8) is 0 Å². The van der Waals surface area contributed by atoms with Gasteiger partial charge in [-0.3, -0.25) is 0 Å². The number of pyridine rings is 1. The van der Waals surface area contributed by atoms with Gasteiger partial charge in [0, 0.05) is 66.8 Å². The van der Waals surface area contributed by atoms with Crippen molar-refractivity contribution in [3.8, 4) is 28.4 Å². The van der Waals surface area contributed by atoms with Crippen LogP contribution < -0.4 is 14.5 Å². The van der Waals surface area contributed by atoms with Gasteiger partial charge in [-0.25, -0.2) is 4.98 Å². The van der Waals surface area contributed by atoms with E-state index >= 15 is 0 Å². The Labute approximate surface area is 452 Å². The Hall–Kier alpha value is -7.20. The smallest absolute Gasteiger partial charge is 0.135 e. The molecule has 74 heavy (non-hydrogen) atoms. The summed E-state index contributed by atoms with van der Waals surface area (Å²) >= 11 is 0. The Bertz CT molecular complexity index is 3630. The molecule has 3 heterocycles. The topological polar surface area (TPSA) is 33.5 Å². The Morgan fingerprint density at radius 2 is 1.03 bits per heavy atom. The van der Waals surface area contributed by atoms with Crippen LogP contribution in [-0.4, -0.2) is 9.55 Å². The molecule has 0 saturated carbocycles. The minimum absolute atomic E-state index is 0. The third kappa shape index (κ3) is 9.37. The van der Waals surface area contributed by atoms with Crippen LogP contribution in [0.3, 0.4) is 0 Å². The maximum Gasteiger partial charge on any atom is 0.135 e. The van der Waals surface area contributed by atoms with Gasteiger partial charge in [0.2, 0.25) is 0 Å². The summed E-state index contributed by atoms with van der Waals surface area (Å²) in [5, 5.41) is 2.18. The van der Waals surface area contributed by atoms with Crippen LogP contribution in [0.4, 0.5) is 22.7 Å². The number of hydrogen-bond acceptors (Lipinski definition) is 4. The fourth-order valence-electron chi connectivity index (χ4n) is 10.3. The fraction of sp³-hybridized carbons (Fsp3) is 0.206. The number of aromatic nitrogens is 2. The molecule has 2 aromatic heterocycles. The van der Waals surface area contributed by atoms with Crippen molar-refractivity contribution in [2.45, 2.75) is 90.9 Å². The monoisotopic (exact) mass is 1150 g/mol. The average Bonchev–Trinajstić information content (AvgIpc) is 3.94. The maximum atomic E-state index is 7.08. The quantitative estimate of drug-likeness (QED) is 0.128. The van der Waals surface area contributed by atoms with E-state index in [0.717, 1.165) is 67.1 Å². The molecule has 1 aliphatic heterocycles. The van der Waals surface area contributed by atoms with E-state index in [-0.39, 0.29) is 42.7 Å². The van der Waals surface area contributed by atoms with Crippen LogP contribution in [-0.2, 0) is 42.7 Å². The van der Waals surface area contributed by atoms with Gasteiger partial charge in [-0.15, -0.1) is 53.6 Å². The van der Waals surface area contributed by atoms with Crippen LogP contribution in [0.2, 0.25) is 0 Å². The van der Waals surface area contributed by atoms with Crippen LogP contribution >= 0.6 is 0 Å². The Kier molecular flexibility index (Phi) is 13.1. The number of para-hydroxylation sites is 2. The molecule has 0 saturated heterocycles. The fourth-order valence-corrected chi connectivity index (χ4v) is 10.3. The summed E-state index contributed by atoms with van der Waals surface area (Å²) in [4.78, 5) is 9.66. The first kappa shape index (κ1) is 50.3. The summed E-state index contributed by atoms with van der Waals surface area (Å²) in [6.45, 7) is 25.1. The average molecular weight is 1150 g/mol. The van der Waals surface area contributed by atoms with Gasteiger partial charge in [0.1, 0.15) is 5.82 Å². The zero-order valence-corrected chi connectivity index (χ0v) is 46.3. The van der Waals surface area contributed by atoms with Crippen molar-refractivity contribution < 1.29 is 25.8 Å². The van der Waals surface area contributed by atoms with Gasteiger partial charge in [-0.05, 0) is 103 Å². The first-order chi connectivity index (χ1) is 34.9. The molecule has 6 heteroatoms. The molecule has 0 radical (unpaired) electrons. The van der Waals surface area contributed by atoms with Gasteiger partial charge < -0.3 is 19.1 Å². The van der Waals surface area contributed by atoms with E-state index < -0.39 is 0 Å². The van der Waals surface area contributed by atoms with E-state index in [0.29, 0.717) is 11.5 Å². The van der Waals surface area contributed by atoms with Crippen molar-refractivity contribution in [1.29, 1.82) is 0 Å². The summed E-state index contributed by atoms with van der Waals surface area (Å²) in [6.07, 6.45) is 1.93. The van der Waals surface area contributed by atoms with E-state index in [1.807, 2.05) is 12.3 Å². The number of hydrogen-bond donors (Lipinski definition) is 0. The van der Waals surface area contributed by atoms with Gasteiger partial charge in [-0.2, -0.15) is 6.07 Å². The van der Waals surface area contributed by atoms with Crippen molar-refractivity contribution in [1.82, 2.24) is 9.55 Å². The van der Waals surface area contributed by atoms with Crippen LogP contribution in [0.5, 0.6) is 11.5 Å². The zero-order valence-electron chi connectivity index (χ0n) is 44.1. The molecule has 0 N–H and O–H groups in total. The summed E-state index contributed by atoms with van der Waals surface area (Å²) in [6, 6.07) is 75.0. The van der Waals surface area contributed by atoms with Gasteiger partial charge in [-0.1, -0.05) is 196 Å². The van der Waals surface area contributed by atoms with Crippen LogP contribution in [0, 0.1) is 18.8 Å². The number of benzene rings is 8. The molecule has 11 rings (SSSR count). The van der Waals surface area contributed by atoms with Gasteiger partial charge >= 0.3 is 0 Å². The molecular weight excluding hydrogens is 1080 g/mol. The Morgan fingerprint density at radius 3 is 1.65 bits per heavy atom. The molecule has 0 spiro atoms. The molecule has 0 aliphatic carbocycles. The number of rotatable bonds is 10. The molecule has 0 fully saturated rings. The van der Waals surface area contributed by atoms with E-state index in [4.69, 9.17) is 9.72 Å². The van der Waals surface area contributed by atoms with Gasteiger partial charge in [0.15, 0.2) is 0 Å². The Balaban J connectivity index is 0.00000626. The van der Waals surface area contributed by atoms with Crippen molar-refractivity contribution in [2.24, 2.45) is 0 Å². The molecule has 8 aromatic carbocycles. The normalized spacial score (nSPS) is 13.1. The van der Waals surface area contributed by atoms with E-state index in [2.05, 4.69) is 284 Å². The van der Waals surface area contributed by atoms with E-state index in [1.54, 1.807) is 0 Å². The minimum atomic E-state index is -0.383. The van der Waals surface area contributed by atoms with Crippen LogP contribution in [0.25, 0.3) is 38.8 Å².